The van der Waals surface area contributed by atoms with Gasteiger partial charge in [0.05, 0.1) is 10.6 Å². The predicted octanol–water partition coefficient (Wildman–Crippen LogP) is 1.62. The molecule has 0 aliphatic carbocycles. The van der Waals surface area contributed by atoms with Crippen LogP contribution in [-0.4, -0.2) is 16.2 Å². The zero-order valence-corrected chi connectivity index (χ0v) is 8.89. The molecular weight excluding hydrogens is 184 g/mol. The molecule has 0 aromatic carbocycles. The van der Waals surface area contributed by atoms with E-state index in [1.54, 1.807) is 0 Å². The Labute approximate surface area is 82.1 Å². The van der Waals surface area contributed by atoms with Gasteiger partial charge in [-0.1, -0.05) is 6.92 Å². The molecule has 2 unspecified atom stereocenters. The van der Waals surface area contributed by atoms with Gasteiger partial charge in [0.1, 0.15) is 0 Å². The van der Waals surface area contributed by atoms with Crippen molar-refractivity contribution in [1.29, 1.82) is 0 Å². The van der Waals surface area contributed by atoms with E-state index in [0.29, 0.717) is 4.88 Å². The number of aryl methyl sites for hydroxylation is 1. The Morgan fingerprint density at radius 2 is 2.23 bits per heavy atom. The average Bonchev–Trinajstić information content (AvgIpc) is 2.49. The highest BCUT2D eigenvalue weighted by Gasteiger charge is 2.20. The third-order valence-electron chi connectivity index (χ3n) is 2.07. The van der Waals surface area contributed by atoms with Crippen LogP contribution in [0.15, 0.2) is 6.07 Å². The Kier molecular flexibility index (Phi) is 3.17. The lowest BCUT2D eigenvalue weighted by molar-refractivity contribution is 0.0921. The monoisotopic (exact) mass is 198 g/mol. The number of nitrogens with two attached hydrogens (primary N) is 1. The van der Waals surface area contributed by atoms with Crippen molar-refractivity contribution in [3.8, 4) is 0 Å². The van der Waals surface area contributed by atoms with Crippen molar-refractivity contribution in [3.05, 3.63) is 16.6 Å². The van der Waals surface area contributed by atoms with Crippen LogP contribution in [0, 0.1) is 12.8 Å². The van der Waals surface area contributed by atoms with E-state index in [-0.39, 0.29) is 17.7 Å². The molecule has 4 heteroatoms. The van der Waals surface area contributed by atoms with E-state index in [9.17, 15) is 4.79 Å². The number of aromatic nitrogens is 1. The molecule has 2 atom stereocenters. The molecule has 0 fully saturated rings. The highest BCUT2D eigenvalue weighted by molar-refractivity contribution is 7.08. The first-order chi connectivity index (χ1) is 6.02. The highest BCUT2D eigenvalue weighted by Crippen LogP contribution is 2.16. The first kappa shape index (κ1) is 10.3. The Balaban J connectivity index is 2.79. The largest absolute Gasteiger partial charge is 0.327 e. The zero-order valence-electron chi connectivity index (χ0n) is 8.07. The lowest BCUT2D eigenvalue weighted by Crippen LogP contribution is -2.30. The summed E-state index contributed by atoms with van der Waals surface area (Å²) in [6.07, 6.45) is 0. The standard InChI is InChI=1S/C9H14N2OS/c1-5-4-8(13-11-5)9(12)6(2)7(3)10/h4,6-7H,10H2,1-3H3. The number of rotatable bonds is 3. The fourth-order valence-electron chi connectivity index (χ4n) is 0.943. The molecule has 0 bridgehead atoms. The molecule has 72 valence electrons. The quantitative estimate of drug-likeness (QED) is 0.751. The fourth-order valence-corrected chi connectivity index (χ4v) is 1.74. The van der Waals surface area contributed by atoms with Crippen molar-refractivity contribution in [1.82, 2.24) is 4.37 Å². The minimum atomic E-state index is -0.125. The van der Waals surface area contributed by atoms with Crippen LogP contribution in [0.4, 0.5) is 0 Å². The SMILES string of the molecule is Cc1cc(C(=O)C(C)C(C)N)sn1. The molecular formula is C9H14N2OS. The average molecular weight is 198 g/mol. The smallest absolute Gasteiger partial charge is 0.178 e. The second-order valence-corrected chi connectivity index (χ2v) is 4.15. The molecule has 2 N–H and O–H groups in total. The van der Waals surface area contributed by atoms with Gasteiger partial charge in [-0.25, -0.2) is 0 Å². The zero-order chi connectivity index (χ0) is 10.0. The lowest BCUT2D eigenvalue weighted by Gasteiger charge is -2.11. The van der Waals surface area contributed by atoms with Crippen molar-refractivity contribution in [2.45, 2.75) is 26.8 Å². The van der Waals surface area contributed by atoms with Crippen LogP contribution in [0.2, 0.25) is 0 Å². The van der Waals surface area contributed by atoms with Crippen LogP contribution >= 0.6 is 11.5 Å². The van der Waals surface area contributed by atoms with Gasteiger partial charge in [-0.3, -0.25) is 4.79 Å². The van der Waals surface area contributed by atoms with Gasteiger partial charge in [0.2, 0.25) is 0 Å². The molecule has 13 heavy (non-hydrogen) atoms. The summed E-state index contributed by atoms with van der Waals surface area (Å²) >= 11 is 1.25. The molecule has 0 amide bonds. The maximum absolute atomic E-state index is 11.7. The third kappa shape index (κ3) is 2.35. The van der Waals surface area contributed by atoms with Gasteiger partial charge in [0.15, 0.2) is 5.78 Å². The lowest BCUT2D eigenvalue weighted by atomic mass is 9.98. The second-order valence-electron chi connectivity index (χ2n) is 3.34. The summed E-state index contributed by atoms with van der Waals surface area (Å²) in [5, 5.41) is 0. The van der Waals surface area contributed by atoms with Gasteiger partial charge in [-0.15, -0.1) is 0 Å². The van der Waals surface area contributed by atoms with E-state index in [0.717, 1.165) is 5.69 Å². The summed E-state index contributed by atoms with van der Waals surface area (Å²) in [6, 6.07) is 1.71. The molecule has 1 aromatic heterocycles. The van der Waals surface area contributed by atoms with E-state index in [2.05, 4.69) is 4.37 Å². The van der Waals surface area contributed by atoms with E-state index in [1.807, 2.05) is 26.8 Å². The Bertz CT molecular complexity index is 306. The molecule has 0 saturated heterocycles. The molecule has 0 saturated carbocycles. The van der Waals surface area contributed by atoms with Crippen LogP contribution in [0.1, 0.15) is 29.2 Å². The molecule has 3 nitrogen and oxygen atoms in total. The second kappa shape index (κ2) is 3.98. The van der Waals surface area contributed by atoms with Crippen molar-refractivity contribution in [2.75, 3.05) is 0 Å². The molecule has 0 aliphatic heterocycles. The van der Waals surface area contributed by atoms with E-state index < -0.39 is 0 Å². The van der Waals surface area contributed by atoms with Gasteiger partial charge >= 0.3 is 0 Å². The fraction of sp³-hybridized carbons (Fsp3) is 0.556. The number of nitrogens with zero attached hydrogens (tertiary/aromatic N) is 1. The van der Waals surface area contributed by atoms with Gasteiger partial charge < -0.3 is 5.73 Å². The first-order valence-corrected chi connectivity index (χ1v) is 5.03. The third-order valence-corrected chi connectivity index (χ3v) is 2.97. The van der Waals surface area contributed by atoms with E-state index in [1.165, 1.54) is 11.5 Å². The summed E-state index contributed by atoms with van der Waals surface area (Å²) in [4.78, 5) is 12.4. The van der Waals surface area contributed by atoms with Crippen LogP contribution in [0.5, 0.6) is 0 Å². The van der Waals surface area contributed by atoms with E-state index in [4.69, 9.17) is 5.73 Å². The summed E-state index contributed by atoms with van der Waals surface area (Å²) in [5.74, 6) is -0.0274. The number of hydrogen-bond acceptors (Lipinski definition) is 4. The Morgan fingerprint density at radius 3 is 2.62 bits per heavy atom. The van der Waals surface area contributed by atoms with Crippen molar-refractivity contribution in [3.63, 3.8) is 0 Å². The summed E-state index contributed by atoms with van der Waals surface area (Å²) < 4.78 is 4.06. The van der Waals surface area contributed by atoms with Crippen molar-refractivity contribution >= 4 is 17.3 Å². The number of Topliss-reactive ketones (excluding diaryl/α,β-unsaturated/α-hetero) is 1. The molecule has 1 rings (SSSR count). The van der Waals surface area contributed by atoms with Crippen LogP contribution in [0.25, 0.3) is 0 Å². The molecule has 0 spiro atoms. The van der Waals surface area contributed by atoms with Gasteiger partial charge in [-0.05, 0) is 31.4 Å². The number of carbonyl (C=O) groups is 1. The maximum Gasteiger partial charge on any atom is 0.178 e. The summed E-state index contributed by atoms with van der Waals surface area (Å²) in [7, 11) is 0. The Hall–Kier alpha value is -0.740. The number of carbonyl (C=O) groups excluding carboxylic acids is 1. The Morgan fingerprint density at radius 1 is 1.62 bits per heavy atom. The maximum atomic E-state index is 11.7. The van der Waals surface area contributed by atoms with Gasteiger partial charge in [0, 0.05) is 12.0 Å². The minimum Gasteiger partial charge on any atom is -0.327 e. The first-order valence-electron chi connectivity index (χ1n) is 4.25. The minimum absolute atomic E-state index is 0.0978. The number of ketones is 1. The van der Waals surface area contributed by atoms with Crippen LogP contribution < -0.4 is 5.73 Å². The topological polar surface area (TPSA) is 56.0 Å². The van der Waals surface area contributed by atoms with Crippen LogP contribution in [0.3, 0.4) is 0 Å². The molecule has 1 aromatic rings. The molecule has 1 heterocycles. The van der Waals surface area contributed by atoms with Crippen LogP contribution in [-0.2, 0) is 0 Å². The normalized spacial score (nSPS) is 15.4. The van der Waals surface area contributed by atoms with Gasteiger partial charge in [0.25, 0.3) is 0 Å². The predicted molar refractivity (Wildman–Crippen MR) is 54.0 cm³/mol. The molecule has 0 aliphatic rings. The summed E-state index contributed by atoms with van der Waals surface area (Å²) in [5.41, 5.74) is 6.54. The van der Waals surface area contributed by atoms with E-state index >= 15 is 0 Å². The van der Waals surface area contributed by atoms with Gasteiger partial charge in [-0.2, -0.15) is 4.37 Å². The summed E-state index contributed by atoms with van der Waals surface area (Å²) in [6.45, 7) is 5.57. The number of hydrogen-bond donors (Lipinski definition) is 1. The molecule has 0 radical (unpaired) electrons. The van der Waals surface area contributed by atoms with Crippen molar-refractivity contribution in [2.24, 2.45) is 11.7 Å². The highest BCUT2D eigenvalue weighted by atomic mass is 32.1. The van der Waals surface area contributed by atoms with Crippen molar-refractivity contribution < 1.29 is 4.79 Å².